The molecule has 1 N–H and O–H groups in total. The molecule has 1 amide bonds. The molecule has 0 heterocycles. The zero-order chi connectivity index (χ0) is 17.0. The molecule has 0 fully saturated rings. The normalized spacial score (nSPS) is 11.7. The molecule has 120 valence electrons. The third-order valence-corrected chi connectivity index (χ3v) is 4.11. The van der Waals surface area contributed by atoms with Crippen molar-refractivity contribution in [3.63, 3.8) is 0 Å². The summed E-state index contributed by atoms with van der Waals surface area (Å²) in [6, 6.07) is 11.9. The summed E-state index contributed by atoms with van der Waals surface area (Å²) in [6.45, 7) is 3.39. The molecule has 0 bridgehead atoms. The van der Waals surface area contributed by atoms with Gasteiger partial charge in [0.2, 0.25) is 0 Å². The van der Waals surface area contributed by atoms with Crippen LogP contribution >= 0.6 is 27.5 Å². The predicted molar refractivity (Wildman–Crippen MR) is 93.8 cm³/mol. The van der Waals surface area contributed by atoms with Crippen LogP contribution in [0.5, 0.6) is 0 Å². The molecule has 6 heteroatoms. The molecule has 1 atom stereocenters. The highest BCUT2D eigenvalue weighted by Crippen LogP contribution is 2.20. The lowest BCUT2D eigenvalue weighted by molar-refractivity contribution is -0.123. The van der Waals surface area contributed by atoms with E-state index in [1.54, 1.807) is 42.5 Å². The average Bonchev–Trinajstić information content (AvgIpc) is 2.51. The van der Waals surface area contributed by atoms with Crippen molar-refractivity contribution in [2.45, 2.75) is 20.0 Å². The van der Waals surface area contributed by atoms with Gasteiger partial charge in [0, 0.05) is 15.2 Å². The fourth-order valence-corrected chi connectivity index (χ4v) is 2.23. The summed E-state index contributed by atoms with van der Waals surface area (Å²) in [5, 5.41) is 3.23. The minimum Gasteiger partial charge on any atom is -0.449 e. The zero-order valence-electron chi connectivity index (χ0n) is 12.6. The molecule has 0 aliphatic rings. The maximum absolute atomic E-state index is 12.1. The third-order valence-electron chi connectivity index (χ3n) is 3.17. The zero-order valence-corrected chi connectivity index (χ0v) is 14.9. The number of benzene rings is 2. The molecule has 0 radical (unpaired) electrons. The fourth-order valence-electron chi connectivity index (χ4n) is 1.78. The van der Waals surface area contributed by atoms with E-state index in [1.165, 1.54) is 6.92 Å². The molecular formula is C17H15BrClNO3. The second-order valence-electron chi connectivity index (χ2n) is 5.01. The highest BCUT2D eigenvalue weighted by Gasteiger charge is 2.19. The number of rotatable bonds is 4. The van der Waals surface area contributed by atoms with Gasteiger partial charge in [0.1, 0.15) is 0 Å². The summed E-state index contributed by atoms with van der Waals surface area (Å²) in [5.74, 6) is -0.975. The third kappa shape index (κ3) is 4.81. The Labute approximate surface area is 147 Å². The fraction of sp³-hybridized carbons (Fsp3) is 0.176. The Bertz CT molecular complexity index is 731. The Morgan fingerprint density at radius 2 is 1.83 bits per heavy atom. The van der Waals surface area contributed by atoms with Gasteiger partial charge in [0.15, 0.2) is 6.10 Å². The number of halogens is 2. The van der Waals surface area contributed by atoms with Gasteiger partial charge in [0.25, 0.3) is 5.91 Å². The standard InChI is InChI=1S/C17H15BrClNO3/c1-10-3-8-14(9-15(10)19)20-16(21)11(2)23-17(22)12-4-6-13(18)7-5-12/h3-9,11H,1-2H3,(H,20,21)/t11-/m0/s1. The van der Waals surface area contributed by atoms with Gasteiger partial charge in [-0.1, -0.05) is 33.6 Å². The Balaban J connectivity index is 1.97. The smallest absolute Gasteiger partial charge is 0.338 e. The number of ether oxygens (including phenoxy) is 1. The topological polar surface area (TPSA) is 55.4 Å². The number of esters is 1. The van der Waals surface area contributed by atoms with Crippen molar-refractivity contribution in [1.82, 2.24) is 0 Å². The molecule has 0 aliphatic carbocycles. The molecule has 0 saturated carbocycles. The molecule has 0 aromatic heterocycles. The van der Waals surface area contributed by atoms with Gasteiger partial charge < -0.3 is 10.1 Å². The second-order valence-corrected chi connectivity index (χ2v) is 6.33. The van der Waals surface area contributed by atoms with Crippen molar-refractivity contribution >= 4 is 45.1 Å². The minimum atomic E-state index is -0.925. The van der Waals surface area contributed by atoms with Crippen LogP contribution in [0.1, 0.15) is 22.8 Å². The summed E-state index contributed by atoms with van der Waals surface area (Å²) in [7, 11) is 0. The molecular weight excluding hydrogens is 382 g/mol. The van der Waals surface area contributed by atoms with Crippen LogP contribution in [0, 0.1) is 6.92 Å². The maximum Gasteiger partial charge on any atom is 0.338 e. The SMILES string of the molecule is Cc1ccc(NC(=O)[C@H](C)OC(=O)c2ccc(Br)cc2)cc1Cl. The van der Waals surface area contributed by atoms with Crippen LogP contribution in [0.3, 0.4) is 0 Å². The summed E-state index contributed by atoms with van der Waals surface area (Å²) < 4.78 is 6.02. The van der Waals surface area contributed by atoms with Gasteiger partial charge in [-0.05, 0) is 55.8 Å². The van der Waals surface area contributed by atoms with Crippen LogP contribution in [0.4, 0.5) is 5.69 Å². The lowest BCUT2D eigenvalue weighted by Crippen LogP contribution is -2.30. The molecule has 0 aliphatic heterocycles. The summed E-state index contributed by atoms with van der Waals surface area (Å²) in [6.07, 6.45) is -0.925. The van der Waals surface area contributed by atoms with Crippen LogP contribution in [-0.2, 0) is 9.53 Å². The van der Waals surface area contributed by atoms with Gasteiger partial charge in [-0.25, -0.2) is 4.79 Å². The van der Waals surface area contributed by atoms with Gasteiger partial charge in [-0.2, -0.15) is 0 Å². The second kappa shape index (κ2) is 7.62. The van der Waals surface area contributed by atoms with E-state index in [9.17, 15) is 9.59 Å². The van der Waals surface area contributed by atoms with E-state index < -0.39 is 18.0 Å². The van der Waals surface area contributed by atoms with Crippen LogP contribution < -0.4 is 5.32 Å². The highest BCUT2D eigenvalue weighted by molar-refractivity contribution is 9.10. The molecule has 0 unspecified atom stereocenters. The van der Waals surface area contributed by atoms with E-state index >= 15 is 0 Å². The quantitative estimate of drug-likeness (QED) is 0.769. The summed E-state index contributed by atoms with van der Waals surface area (Å²) in [4.78, 5) is 24.1. The first-order valence-electron chi connectivity index (χ1n) is 6.90. The molecule has 2 aromatic rings. The number of hydrogen-bond acceptors (Lipinski definition) is 3. The predicted octanol–water partition coefficient (Wildman–Crippen LogP) is 4.59. The molecule has 23 heavy (non-hydrogen) atoms. The number of hydrogen-bond donors (Lipinski definition) is 1. The molecule has 0 saturated heterocycles. The van der Waals surface area contributed by atoms with Crippen molar-refractivity contribution in [2.75, 3.05) is 5.32 Å². The lowest BCUT2D eigenvalue weighted by atomic mass is 10.2. The van der Waals surface area contributed by atoms with Crippen LogP contribution in [0.2, 0.25) is 5.02 Å². The first kappa shape index (κ1) is 17.5. The van der Waals surface area contributed by atoms with Crippen LogP contribution in [0.15, 0.2) is 46.9 Å². The Morgan fingerprint density at radius 3 is 2.43 bits per heavy atom. The number of anilines is 1. The average molecular weight is 397 g/mol. The van der Waals surface area contributed by atoms with Crippen LogP contribution in [-0.4, -0.2) is 18.0 Å². The van der Waals surface area contributed by atoms with Crippen molar-refractivity contribution in [1.29, 1.82) is 0 Å². The molecule has 4 nitrogen and oxygen atoms in total. The lowest BCUT2D eigenvalue weighted by Gasteiger charge is -2.14. The number of aryl methyl sites for hydroxylation is 1. The van der Waals surface area contributed by atoms with Gasteiger partial charge in [0.05, 0.1) is 5.56 Å². The van der Waals surface area contributed by atoms with Crippen LogP contribution in [0.25, 0.3) is 0 Å². The van der Waals surface area contributed by atoms with Crippen molar-refractivity contribution < 1.29 is 14.3 Å². The molecule has 2 rings (SSSR count). The molecule has 0 spiro atoms. The largest absolute Gasteiger partial charge is 0.449 e. The number of amides is 1. The first-order valence-corrected chi connectivity index (χ1v) is 8.07. The summed E-state index contributed by atoms with van der Waals surface area (Å²) in [5.41, 5.74) is 1.85. The van der Waals surface area contributed by atoms with E-state index in [0.717, 1.165) is 10.0 Å². The van der Waals surface area contributed by atoms with Crippen molar-refractivity contribution in [3.05, 3.63) is 63.1 Å². The number of carbonyl (C=O) groups excluding carboxylic acids is 2. The molecule has 2 aromatic carbocycles. The van der Waals surface area contributed by atoms with E-state index in [2.05, 4.69) is 21.2 Å². The van der Waals surface area contributed by atoms with Gasteiger partial charge in [-0.15, -0.1) is 0 Å². The minimum absolute atomic E-state index is 0.381. The van der Waals surface area contributed by atoms with Gasteiger partial charge in [-0.3, -0.25) is 4.79 Å². The maximum atomic E-state index is 12.1. The Kier molecular flexibility index (Phi) is 5.80. The monoisotopic (exact) mass is 395 g/mol. The Morgan fingerprint density at radius 1 is 1.17 bits per heavy atom. The van der Waals surface area contributed by atoms with E-state index in [0.29, 0.717) is 16.3 Å². The van der Waals surface area contributed by atoms with Crippen molar-refractivity contribution in [3.8, 4) is 0 Å². The highest BCUT2D eigenvalue weighted by atomic mass is 79.9. The van der Waals surface area contributed by atoms with Gasteiger partial charge >= 0.3 is 5.97 Å². The van der Waals surface area contributed by atoms with E-state index in [4.69, 9.17) is 16.3 Å². The first-order chi connectivity index (χ1) is 10.9. The number of nitrogens with one attached hydrogen (secondary N) is 1. The Hall–Kier alpha value is -1.85. The number of carbonyl (C=O) groups is 2. The summed E-state index contributed by atoms with van der Waals surface area (Å²) >= 11 is 9.30. The van der Waals surface area contributed by atoms with Crippen molar-refractivity contribution in [2.24, 2.45) is 0 Å². The van der Waals surface area contributed by atoms with E-state index in [1.807, 2.05) is 6.92 Å². The van der Waals surface area contributed by atoms with E-state index in [-0.39, 0.29) is 0 Å².